The van der Waals surface area contributed by atoms with E-state index in [4.69, 9.17) is 0 Å². The molecule has 0 aromatic heterocycles. The second kappa shape index (κ2) is 5.30. The van der Waals surface area contributed by atoms with Crippen LogP contribution in [0, 0.1) is 12.8 Å². The van der Waals surface area contributed by atoms with Crippen molar-refractivity contribution in [3.05, 3.63) is 29.3 Å². The number of amides is 1. The van der Waals surface area contributed by atoms with E-state index < -0.39 is 5.91 Å². The summed E-state index contributed by atoms with van der Waals surface area (Å²) in [7, 11) is 0. The zero-order chi connectivity index (χ0) is 12.1. The lowest BCUT2D eigenvalue weighted by Gasteiger charge is -2.05. The minimum Gasteiger partial charge on any atom is -0.507 e. The van der Waals surface area contributed by atoms with Crippen LogP contribution in [0.2, 0.25) is 0 Å². The maximum atomic E-state index is 11.6. The van der Waals surface area contributed by atoms with Gasteiger partial charge in [0.1, 0.15) is 5.75 Å². The standard InChI is InChI=1S/C12H16N2O2/c1-8(2)7-13-14-12(16)10-6-4-5-9(3)11(10)15/h4-8,15H,1-3H3,(H,14,16)/b13-7+. The maximum Gasteiger partial charge on any atom is 0.275 e. The highest BCUT2D eigenvalue weighted by Gasteiger charge is 2.11. The van der Waals surface area contributed by atoms with Gasteiger partial charge in [-0.15, -0.1) is 0 Å². The summed E-state index contributed by atoms with van der Waals surface area (Å²) < 4.78 is 0. The third kappa shape index (κ3) is 3.08. The Kier molecular flexibility index (Phi) is 4.05. The Morgan fingerprint density at radius 1 is 1.50 bits per heavy atom. The Morgan fingerprint density at radius 3 is 2.81 bits per heavy atom. The van der Waals surface area contributed by atoms with Gasteiger partial charge in [-0.25, -0.2) is 5.43 Å². The van der Waals surface area contributed by atoms with Crippen LogP contribution in [-0.4, -0.2) is 17.2 Å². The number of carbonyl (C=O) groups is 1. The first-order valence-electron chi connectivity index (χ1n) is 5.14. The Labute approximate surface area is 95.0 Å². The first kappa shape index (κ1) is 12.2. The molecular formula is C12H16N2O2. The fourth-order valence-corrected chi connectivity index (χ4v) is 1.15. The maximum absolute atomic E-state index is 11.6. The molecule has 0 aliphatic carbocycles. The Bertz CT molecular complexity index is 411. The molecule has 0 saturated heterocycles. The molecule has 1 rings (SSSR count). The molecule has 1 aromatic carbocycles. The van der Waals surface area contributed by atoms with Crippen molar-refractivity contribution < 1.29 is 9.90 Å². The van der Waals surface area contributed by atoms with Gasteiger partial charge in [-0.1, -0.05) is 26.0 Å². The van der Waals surface area contributed by atoms with E-state index in [-0.39, 0.29) is 17.2 Å². The first-order valence-corrected chi connectivity index (χ1v) is 5.14. The summed E-state index contributed by atoms with van der Waals surface area (Å²) in [6.07, 6.45) is 1.63. The number of phenols is 1. The van der Waals surface area contributed by atoms with Gasteiger partial charge < -0.3 is 5.11 Å². The van der Waals surface area contributed by atoms with Crippen LogP contribution in [-0.2, 0) is 0 Å². The number of hydrogen-bond donors (Lipinski definition) is 2. The number of nitrogens with zero attached hydrogens (tertiary/aromatic N) is 1. The van der Waals surface area contributed by atoms with Crippen LogP contribution < -0.4 is 5.43 Å². The predicted octanol–water partition coefficient (Wildman–Crippen LogP) is 2.07. The van der Waals surface area contributed by atoms with Crippen molar-refractivity contribution in [1.82, 2.24) is 5.43 Å². The fraction of sp³-hybridized carbons (Fsp3) is 0.333. The Hall–Kier alpha value is -1.84. The summed E-state index contributed by atoms with van der Waals surface area (Å²) in [5.41, 5.74) is 3.27. The Morgan fingerprint density at radius 2 is 2.19 bits per heavy atom. The van der Waals surface area contributed by atoms with Gasteiger partial charge >= 0.3 is 0 Å². The normalized spacial score (nSPS) is 11.0. The summed E-state index contributed by atoms with van der Waals surface area (Å²) in [5.74, 6) is -0.135. The van der Waals surface area contributed by atoms with Crippen LogP contribution in [0.1, 0.15) is 29.8 Å². The highest BCUT2D eigenvalue weighted by Crippen LogP contribution is 2.20. The number of aryl methyl sites for hydroxylation is 1. The molecule has 0 unspecified atom stereocenters. The average molecular weight is 220 g/mol. The molecule has 4 nitrogen and oxygen atoms in total. The second-order valence-corrected chi connectivity index (χ2v) is 3.93. The zero-order valence-electron chi connectivity index (χ0n) is 9.69. The molecular weight excluding hydrogens is 204 g/mol. The fourth-order valence-electron chi connectivity index (χ4n) is 1.15. The van der Waals surface area contributed by atoms with Crippen LogP contribution in [0.3, 0.4) is 0 Å². The number of aromatic hydroxyl groups is 1. The van der Waals surface area contributed by atoms with Crippen molar-refractivity contribution in [2.24, 2.45) is 11.0 Å². The number of hydrogen-bond acceptors (Lipinski definition) is 3. The number of hydrazone groups is 1. The van der Waals surface area contributed by atoms with E-state index in [0.717, 1.165) is 0 Å². The zero-order valence-corrected chi connectivity index (χ0v) is 9.69. The lowest BCUT2D eigenvalue weighted by atomic mass is 10.1. The van der Waals surface area contributed by atoms with E-state index in [1.165, 1.54) is 0 Å². The summed E-state index contributed by atoms with van der Waals surface area (Å²) in [4.78, 5) is 11.6. The molecule has 0 heterocycles. The summed E-state index contributed by atoms with van der Waals surface area (Å²) in [6, 6.07) is 5.02. The molecule has 0 spiro atoms. The second-order valence-electron chi connectivity index (χ2n) is 3.93. The van der Waals surface area contributed by atoms with E-state index in [2.05, 4.69) is 10.5 Å². The van der Waals surface area contributed by atoms with Crippen molar-refractivity contribution in [2.45, 2.75) is 20.8 Å². The van der Waals surface area contributed by atoms with E-state index in [9.17, 15) is 9.90 Å². The lowest BCUT2D eigenvalue weighted by molar-refractivity contribution is 0.0952. The molecule has 0 radical (unpaired) electrons. The molecule has 0 aliphatic heterocycles. The third-order valence-electron chi connectivity index (χ3n) is 2.02. The number of carbonyl (C=O) groups excluding carboxylic acids is 1. The van der Waals surface area contributed by atoms with E-state index in [0.29, 0.717) is 5.56 Å². The van der Waals surface area contributed by atoms with Gasteiger partial charge in [-0.05, 0) is 24.5 Å². The number of nitrogens with one attached hydrogen (secondary N) is 1. The van der Waals surface area contributed by atoms with Gasteiger partial charge in [0.05, 0.1) is 5.56 Å². The van der Waals surface area contributed by atoms with Crippen molar-refractivity contribution in [1.29, 1.82) is 0 Å². The molecule has 0 aliphatic rings. The minimum atomic E-state index is -0.405. The summed E-state index contributed by atoms with van der Waals surface area (Å²) in [5, 5.41) is 13.4. The molecule has 16 heavy (non-hydrogen) atoms. The minimum absolute atomic E-state index is 0.000234. The number of phenolic OH excluding ortho intramolecular Hbond substituents is 1. The van der Waals surface area contributed by atoms with E-state index in [1.807, 2.05) is 13.8 Å². The first-order chi connectivity index (χ1) is 7.52. The number of para-hydroxylation sites is 1. The number of benzene rings is 1. The molecule has 4 heteroatoms. The third-order valence-corrected chi connectivity index (χ3v) is 2.02. The van der Waals surface area contributed by atoms with Crippen molar-refractivity contribution in [2.75, 3.05) is 0 Å². The topological polar surface area (TPSA) is 61.7 Å². The summed E-state index contributed by atoms with van der Waals surface area (Å²) in [6.45, 7) is 5.66. The lowest BCUT2D eigenvalue weighted by Crippen LogP contribution is -2.18. The van der Waals surface area contributed by atoms with E-state index in [1.54, 1.807) is 31.3 Å². The van der Waals surface area contributed by atoms with Crippen LogP contribution in [0.15, 0.2) is 23.3 Å². The van der Waals surface area contributed by atoms with Gasteiger partial charge in [-0.3, -0.25) is 4.79 Å². The summed E-state index contributed by atoms with van der Waals surface area (Å²) >= 11 is 0. The smallest absolute Gasteiger partial charge is 0.275 e. The molecule has 0 fully saturated rings. The van der Waals surface area contributed by atoms with Crippen LogP contribution >= 0.6 is 0 Å². The molecule has 0 saturated carbocycles. The van der Waals surface area contributed by atoms with Gasteiger partial charge in [0, 0.05) is 6.21 Å². The average Bonchev–Trinajstić information content (AvgIpc) is 2.21. The van der Waals surface area contributed by atoms with Crippen molar-refractivity contribution in [3.63, 3.8) is 0 Å². The molecule has 86 valence electrons. The van der Waals surface area contributed by atoms with Gasteiger partial charge in [0.25, 0.3) is 5.91 Å². The predicted molar refractivity (Wildman–Crippen MR) is 63.6 cm³/mol. The highest BCUT2D eigenvalue weighted by atomic mass is 16.3. The van der Waals surface area contributed by atoms with Crippen molar-refractivity contribution in [3.8, 4) is 5.75 Å². The SMILES string of the molecule is Cc1cccc(C(=O)N/N=C/C(C)C)c1O. The van der Waals surface area contributed by atoms with Crippen molar-refractivity contribution >= 4 is 12.1 Å². The highest BCUT2D eigenvalue weighted by molar-refractivity contribution is 5.97. The van der Waals surface area contributed by atoms with Crippen LogP contribution in [0.25, 0.3) is 0 Å². The molecule has 1 amide bonds. The van der Waals surface area contributed by atoms with Gasteiger partial charge in [0.2, 0.25) is 0 Å². The quantitative estimate of drug-likeness (QED) is 0.605. The molecule has 2 N–H and O–H groups in total. The van der Waals surface area contributed by atoms with E-state index >= 15 is 0 Å². The molecule has 0 bridgehead atoms. The van der Waals surface area contributed by atoms with Gasteiger partial charge in [-0.2, -0.15) is 5.10 Å². The number of rotatable bonds is 3. The van der Waals surface area contributed by atoms with Gasteiger partial charge in [0.15, 0.2) is 0 Å². The van der Waals surface area contributed by atoms with Crippen LogP contribution in [0.4, 0.5) is 0 Å². The molecule has 1 aromatic rings. The monoisotopic (exact) mass is 220 g/mol. The molecule has 0 atom stereocenters. The largest absolute Gasteiger partial charge is 0.507 e. The Balaban J connectivity index is 2.78. The van der Waals surface area contributed by atoms with Crippen LogP contribution in [0.5, 0.6) is 5.75 Å².